The van der Waals surface area contributed by atoms with Crippen molar-refractivity contribution in [1.29, 1.82) is 0 Å². The Morgan fingerprint density at radius 1 is 1.10 bits per heavy atom. The van der Waals surface area contributed by atoms with Crippen LogP contribution in [0.2, 0.25) is 0 Å². The quantitative estimate of drug-likeness (QED) is 0.384. The number of carbonyl (C=O) groups excluding carboxylic acids is 2. The summed E-state index contributed by atoms with van der Waals surface area (Å²) in [4.78, 5) is 32.8. The molecule has 2 N–H and O–H groups in total. The van der Waals surface area contributed by atoms with Gasteiger partial charge >= 0.3 is 6.61 Å². The number of anilines is 1. The van der Waals surface area contributed by atoms with E-state index in [2.05, 4.69) is 20.4 Å². The maximum atomic E-state index is 15.2. The molecule has 5 rings (SSSR count). The number of nitrogens with zero attached hydrogens (tertiary/aromatic N) is 2. The average molecular weight is 571 g/mol. The number of nitrogens with one attached hydrogen (secondary N) is 2. The molecule has 12 heteroatoms. The molecule has 2 atom stereocenters. The molecule has 214 valence electrons. The zero-order valence-corrected chi connectivity index (χ0v) is 21.9. The topological polar surface area (TPSA) is 92.8 Å². The van der Waals surface area contributed by atoms with Gasteiger partial charge in [0.1, 0.15) is 35.0 Å². The lowest BCUT2D eigenvalue weighted by molar-refractivity contribution is -0.118. The molecular weight excluding hydrogens is 544 g/mol. The van der Waals surface area contributed by atoms with Crippen LogP contribution in [0.5, 0.6) is 11.5 Å². The fourth-order valence-electron chi connectivity index (χ4n) is 5.01. The molecule has 0 spiro atoms. The van der Waals surface area contributed by atoms with E-state index >= 15 is 8.78 Å². The molecule has 2 aliphatic heterocycles. The number of alkyl halides is 2. The number of allylic oxidation sites excluding steroid dienone is 1. The average Bonchev–Trinajstić information content (AvgIpc) is 3.28. The first kappa shape index (κ1) is 27.9. The Morgan fingerprint density at radius 3 is 2.46 bits per heavy atom. The van der Waals surface area contributed by atoms with Crippen molar-refractivity contribution in [3.63, 3.8) is 0 Å². The molecule has 1 fully saturated rings. The Balaban J connectivity index is 1.48. The third-order valence-corrected chi connectivity index (χ3v) is 6.98. The summed E-state index contributed by atoms with van der Waals surface area (Å²) >= 11 is 0. The Labute approximate surface area is 233 Å². The van der Waals surface area contributed by atoms with Crippen LogP contribution in [0.4, 0.5) is 23.4 Å². The predicted octanol–water partition coefficient (Wildman–Crippen LogP) is 4.62. The zero-order valence-electron chi connectivity index (χ0n) is 21.9. The highest BCUT2D eigenvalue weighted by molar-refractivity contribution is 6.04. The number of hydrogen-bond acceptors (Lipinski definition) is 6. The smallest absolute Gasteiger partial charge is 0.387 e. The van der Waals surface area contributed by atoms with E-state index in [1.807, 2.05) is 12.3 Å². The molecule has 0 bridgehead atoms. The first-order valence-corrected chi connectivity index (χ1v) is 12.8. The molecule has 0 radical (unpaired) electrons. The van der Waals surface area contributed by atoms with Crippen molar-refractivity contribution in [3.05, 3.63) is 89.3 Å². The molecule has 41 heavy (non-hydrogen) atoms. The van der Waals surface area contributed by atoms with Crippen LogP contribution in [-0.2, 0) is 4.79 Å². The fraction of sp³-hybridized carbons (Fsp3) is 0.276. The van der Waals surface area contributed by atoms with E-state index in [9.17, 15) is 18.4 Å². The maximum absolute atomic E-state index is 15.2. The number of benzene rings is 2. The van der Waals surface area contributed by atoms with Gasteiger partial charge in [0.15, 0.2) is 0 Å². The summed E-state index contributed by atoms with van der Waals surface area (Å²) in [6, 6.07) is 10.6. The van der Waals surface area contributed by atoms with Gasteiger partial charge < -0.3 is 20.1 Å². The largest absolute Gasteiger partial charge is 0.497 e. The monoisotopic (exact) mass is 570 g/mol. The second-order valence-corrected chi connectivity index (χ2v) is 9.52. The number of ether oxygens (including phenoxy) is 2. The van der Waals surface area contributed by atoms with Crippen molar-refractivity contribution in [2.75, 3.05) is 25.1 Å². The molecule has 1 saturated heterocycles. The number of methoxy groups -OCH3 is 1. The van der Waals surface area contributed by atoms with E-state index in [4.69, 9.17) is 4.74 Å². The van der Waals surface area contributed by atoms with Gasteiger partial charge in [-0.1, -0.05) is 6.07 Å². The van der Waals surface area contributed by atoms with Gasteiger partial charge in [0.25, 0.3) is 11.8 Å². The van der Waals surface area contributed by atoms with E-state index in [1.54, 1.807) is 12.1 Å². The highest BCUT2D eigenvalue weighted by atomic mass is 19.3. The fourth-order valence-corrected chi connectivity index (χ4v) is 5.01. The summed E-state index contributed by atoms with van der Waals surface area (Å²) in [6.45, 7) is -2.36. The SMILES string of the molecule is COc1cc(F)c([C@@H]2CN(c3cccc(C4=CNCCC4)n3)C(=O)[C@H]2NC(=O)c2ccc(OC(F)F)cc2)c(F)c1. The van der Waals surface area contributed by atoms with Crippen molar-refractivity contribution in [3.8, 4) is 11.5 Å². The van der Waals surface area contributed by atoms with Gasteiger partial charge in [-0.3, -0.25) is 14.5 Å². The van der Waals surface area contributed by atoms with Crippen LogP contribution < -0.4 is 25.0 Å². The molecule has 0 unspecified atom stereocenters. The number of halogens is 4. The molecule has 2 amide bonds. The third kappa shape index (κ3) is 5.96. The van der Waals surface area contributed by atoms with Crippen LogP contribution >= 0.6 is 0 Å². The number of rotatable bonds is 8. The molecule has 2 aromatic carbocycles. The minimum Gasteiger partial charge on any atom is -0.497 e. The van der Waals surface area contributed by atoms with Gasteiger partial charge in [0.2, 0.25) is 0 Å². The predicted molar refractivity (Wildman–Crippen MR) is 142 cm³/mol. The van der Waals surface area contributed by atoms with Crippen LogP contribution in [0.3, 0.4) is 0 Å². The second kappa shape index (κ2) is 11.9. The van der Waals surface area contributed by atoms with E-state index in [0.717, 1.165) is 37.1 Å². The van der Waals surface area contributed by atoms with Gasteiger partial charge in [0, 0.05) is 48.5 Å². The van der Waals surface area contributed by atoms with Crippen LogP contribution in [0, 0.1) is 11.6 Å². The van der Waals surface area contributed by atoms with Crippen LogP contribution in [0.1, 0.15) is 40.4 Å². The highest BCUT2D eigenvalue weighted by Gasteiger charge is 2.45. The summed E-state index contributed by atoms with van der Waals surface area (Å²) < 4.78 is 64.7. The number of carbonyl (C=O) groups is 2. The third-order valence-electron chi connectivity index (χ3n) is 6.98. The van der Waals surface area contributed by atoms with Crippen molar-refractivity contribution < 1.29 is 36.6 Å². The lowest BCUT2D eigenvalue weighted by atomic mass is 9.92. The van der Waals surface area contributed by atoms with Crippen LogP contribution in [-0.4, -0.2) is 49.7 Å². The zero-order chi connectivity index (χ0) is 29.1. The molecule has 0 aliphatic carbocycles. The normalized spacial score (nSPS) is 18.6. The minimum absolute atomic E-state index is 0.0316. The van der Waals surface area contributed by atoms with E-state index in [1.165, 1.54) is 36.3 Å². The van der Waals surface area contributed by atoms with Gasteiger partial charge in [-0.25, -0.2) is 13.8 Å². The summed E-state index contributed by atoms with van der Waals surface area (Å²) in [7, 11) is 1.27. The summed E-state index contributed by atoms with van der Waals surface area (Å²) in [5.41, 5.74) is 1.25. The van der Waals surface area contributed by atoms with Gasteiger partial charge in [-0.15, -0.1) is 0 Å². The summed E-state index contributed by atoms with van der Waals surface area (Å²) in [5.74, 6) is -4.29. The molecule has 3 heterocycles. The summed E-state index contributed by atoms with van der Waals surface area (Å²) in [5, 5.41) is 5.75. The number of aromatic nitrogens is 1. The van der Waals surface area contributed by atoms with Crippen molar-refractivity contribution in [2.24, 2.45) is 0 Å². The highest BCUT2D eigenvalue weighted by Crippen LogP contribution is 2.36. The lowest BCUT2D eigenvalue weighted by Gasteiger charge is -2.20. The summed E-state index contributed by atoms with van der Waals surface area (Å²) in [6.07, 6.45) is 3.58. The van der Waals surface area contributed by atoms with E-state index in [0.29, 0.717) is 5.69 Å². The number of amides is 2. The van der Waals surface area contributed by atoms with Crippen molar-refractivity contribution in [2.45, 2.75) is 31.4 Å². The lowest BCUT2D eigenvalue weighted by Crippen LogP contribution is -2.44. The first-order chi connectivity index (χ1) is 19.7. The standard InChI is InChI=1S/C29H26F4N4O4/c1-40-19-12-21(30)25(22(31)13-19)20-15-37(24-6-2-5-23(35-24)17-4-3-11-34-14-17)28(39)26(20)36-27(38)16-7-9-18(10-8-16)41-29(32)33/h2,5-10,12-14,20,26,29,34H,3-4,11,15H2,1H3,(H,36,38)/t20-,26-/m0/s1. The Hall–Kier alpha value is -4.61. The van der Waals surface area contributed by atoms with Crippen LogP contribution in [0.25, 0.3) is 5.57 Å². The van der Waals surface area contributed by atoms with Crippen LogP contribution in [0.15, 0.2) is 60.8 Å². The number of pyridine rings is 1. The van der Waals surface area contributed by atoms with Gasteiger partial charge in [-0.05, 0) is 54.8 Å². The molecular formula is C29H26F4N4O4. The molecule has 3 aromatic rings. The van der Waals surface area contributed by atoms with E-state index < -0.39 is 42.0 Å². The Morgan fingerprint density at radius 2 is 1.83 bits per heavy atom. The maximum Gasteiger partial charge on any atom is 0.387 e. The Bertz CT molecular complexity index is 1460. The van der Waals surface area contributed by atoms with Crippen molar-refractivity contribution in [1.82, 2.24) is 15.6 Å². The Kier molecular flexibility index (Phi) is 8.09. The first-order valence-electron chi connectivity index (χ1n) is 12.8. The van der Waals surface area contributed by atoms with Gasteiger partial charge in [-0.2, -0.15) is 8.78 Å². The van der Waals surface area contributed by atoms with Gasteiger partial charge in [0.05, 0.1) is 12.8 Å². The molecule has 1 aromatic heterocycles. The minimum atomic E-state index is -3.04. The number of hydrogen-bond donors (Lipinski definition) is 2. The van der Waals surface area contributed by atoms with E-state index in [-0.39, 0.29) is 35.0 Å². The molecule has 2 aliphatic rings. The molecule has 0 saturated carbocycles. The molecule has 8 nitrogen and oxygen atoms in total. The second-order valence-electron chi connectivity index (χ2n) is 9.52. The van der Waals surface area contributed by atoms with Crippen molar-refractivity contribution >= 4 is 23.2 Å².